The van der Waals surface area contributed by atoms with Gasteiger partial charge in [-0.1, -0.05) is 30.3 Å². The highest BCUT2D eigenvalue weighted by Crippen LogP contribution is 2.40. The molecule has 106 valence electrons. The Labute approximate surface area is 119 Å². The first-order valence-electron chi connectivity index (χ1n) is 7.15. The van der Waals surface area contributed by atoms with E-state index in [0.717, 1.165) is 17.9 Å². The third kappa shape index (κ3) is 2.37. The van der Waals surface area contributed by atoms with Gasteiger partial charge < -0.3 is 15.0 Å². The summed E-state index contributed by atoms with van der Waals surface area (Å²) in [6.45, 7) is 0.898. The Balaban J connectivity index is 1.90. The van der Waals surface area contributed by atoms with Crippen LogP contribution in [0.1, 0.15) is 12.8 Å². The molecule has 1 fully saturated rings. The molecular formula is C16H21N3O. The van der Waals surface area contributed by atoms with Gasteiger partial charge in [-0.15, -0.1) is 0 Å². The van der Waals surface area contributed by atoms with Crippen molar-refractivity contribution in [1.29, 1.82) is 0 Å². The molecule has 2 aromatic rings. The van der Waals surface area contributed by atoms with E-state index < -0.39 is 0 Å². The van der Waals surface area contributed by atoms with Crippen LogP contribution in [0.4, 0.5) is 0 Å². The molecule has 1 unspecified atom stereocenters. The second-order valence-electron chi connectivity index (χ2n) is 5.58. The number of hydrogen-bond acceptors (Lipinski definition) is 3. The summed E-state index contributed by atoms with van der Waals surface area (Å²) in [6.07, 6.45) is 6.20. The van der Waals surface area contributed by atoms with E-state index in [9.17, 15) is 5.11 Å². The third-order valence-electron chi connectivity index (χ3n) is 4.34. The van der Waals surface area contributed by atoms with Crippen molar-refractivity contribution < 1.29 is 5.11 Å². The highest BCUT2D eigenvalue weighted by Gasteiger charge is 2.44. The lowest BCUT2D eigenvalue weighted by atomic mass is 9.94. The molecule has 0 radical (unpaired) electrons. The maximum absolute atomic E-state index is 9.85. The van der Waals surface area contributed by atoms with Crippen molar-refractivity contribution in [3.05, 3.63) is 42.7 Å². The number of imidazole rings is 1. The molecule has 4 heteroatoms. The highest BCUT2D eigenvalue weighted by atomic mass is 16.3. The smallest absolute Gasteiger partial charge is 0.139 e. The predicted octanol–water partition coefficient (Wildman–Crippen LogP) is 1.91. The zero-order valence-corrected chi connectivity index (χ0v) is 11.8. The van der Waals surface area contributed by atoms with Crippen LogP contribution in [0.15, 0.2) is 42.7 Å². The fourth-order valence-corrected chi connectivity index (χ4v) is 2.89. The van der Waals surface area contributed by atoms with Crippen molar-refractivity contribution in [2.24, 2.45) is 5.92 Å². The standard InChI is InChI=1S/C16H21N3O/c1-17-16(12-20,14-7-8-14)11-19-10-9-18-15(19)13-5-3-2-4-6-13/h2-6,9-10,14,17,20H,7-8,11-12H2,1H3. The third-order valence-corrected chi connectivity index (χ3v) is 4.34. The molecule has 3 rings (SSSR count). The van der Waals surface area contributed by atoms with Gasteiger partial charge in [0.2, 0.25) is 0 Å². The van der Waals surface area contributed by atoms with Crippen LogP contribution in [0.3, 0.4) is 0 Å². The summed E-state index contributed by atoms with van der Waals surface area (Å²) in [5.41, 5.74) is 0.876. The molecule has 1 heterocycles. The minimum atomic E-state index is -0.232. The van der Waals surface area contributed by atoms with Crippen LogP contribution in [-0.4, -0.2) is 33.9 Å². The van der Waals surface area contributed by atoms with E-state index in [-0.39, 0.29) is 12.1 Å². The number of likely N-dealkylation sites (N-methyl/N-ethyl adjacent to an activating group) is 1. The van der Waals surface area contributed by atoms with Crippen LogP contribution in [0, 0.1) is 5.92 Å². The van der Waals surface area contributed by atoms with Gasteiger partial charge in [0, 0.05) is 24.5 Å². The molecule has 20 heavy (non-hydrogen) atoms. The Morgan fingerprint density at radius 2 is 2.10 bits per heavy atom. The fraction of sp³-hybridized carbons (Fsp3) is 0.438. The number of aromatic nitrogens is 2. The molecule has 0 amide bonds. The summed E-state index contributed by atoms with van der Waals surface area (Å²) in [7, 11) is 1.94. The van der Waals surface area contributed by atoms with Crippen LogP contribution in [0.5, 0.6) is 0 Å². The van der Waals surface area contributed by atoms with Gasteiger partial charge >= 0.3 is 0 Å². The summed E-state index contributed by atoms with van der Waals surface area (Å²) in [4.78, 5) is 4.47. The average Bonchev–Trinajstić information content (AvgIpc) is 3.26. The maximum atomic E-state index is 9.85. The zero-order valence-electron chi connectivity index (χ0n) is 11.8. The Morgan fingerprint density at radius 3 is 2.70 bits per heavy atom. The highest BCUT2D eigenvalue weighted by molar-refractivity contribution is 5.55. The van der Waals surface area contributed by atoms with Gasteiger partial charge in [0.15, 0.2) is 0 Å². The van der Waals surface area contributed by atoms with E-state index in [1.807, 2.05) is 37.6 Å². The van der Waals surface area contributed by atoms with Crippen LogP contribution < -0.4 is 5.32 Å². The number of aliphatic hydroxyl groups excluding tert-OH is 1. The summed E-state index contributed by atoms with van der Waals surface area (Å²) in [6, 6.07) is 10.2. The first kappa shape index (κ1) is 13.3. The van der Waals surface area contributed by atoms with Crippen LogP contribution in [0.25, 0.3) is 11.4 Å². The van der Waals surface area contributed by atoms with Crippen molar-refractivity contribution in [2.75, 3.05) is 13.7 Å². The zero-order chi connectivity index (χ0) is 14.0. The maximum Gasteiger partial charge on any atom is 0.139 e. The molecule has 1 aliphatic rings. The Hall–Kier alpha value is -1.65. The number of nitrogens with one attached hydrogen (secondary N) is 1. The van der Waals surface area contributed by atoms with E-state index in [1.54, 1.807) is 0 Å². The Bertz CT molecular complexity index is 556. The molecule has 1 aromatic carbocycles. The van der Waals surface area contributed by atoms with Gasteiger partial charge in [0.1, 0.15) is 5.82 Å². The molecule has 0 aliphatic heterocycles. The lowest BCUT2D eigenvalue weighted by molar-refractivity contribution is 0.130. The number of benzene rings is 1. The number of aliphatic hydroxyl groups is 1. The predicted molar refractivity (Wildman–Crippen MR) is 79.3 cm³/mol. The summed E-state index contributed by atoms with van der Waals surface area (Å²) < 4.78 is 2.14. The van der Waals surface area contributed by atoms with E-state index >= 15 is 0 Å². The molecule has 0 spiro atoms. The molecule has 0 bridgehead atoms. The van der Waals surface area contributed by atoms with E-state index in [1.165, 1.54) is 12.8 Å². The SMILES string of the molecule is CNC(CO)(Cn1ccnc1-c1ccccc1)C1CC1. The van der Waals surface area contributed by atoms with Gasteiger partial charge in [-0.3, -0.25) is 0 Å². The van der Waals surface area contributed by atoms with Gasteiger partial charge in [-0.2, -0.15) is 0 Å². The van der Waals surface area contributed by atoms with Gasteiger partial charge in [-0.05, 0) is 25.8 Å². The number of hydrogen-bond donors (Lipinski definition) is 2. The molecule has 4 nitrogen and oxygen atoms in total. The monoisotopic (exact) mass is 271 g/mol. The molecule has 1 aliphatic carbocycles. The Kier molecular flexibility index (Phi) is 3.59. The first-order valence-corrected chi connectivity index (χ1v) is 7.15. The number of nitrogens with zero attached hydrogens (tertiary/aromatic N) is 2. The molecule has 1 aromatic heterocycles. The van der Waals surface area contributed by atoms with Crippen molar-refractivity contribution >= 4 is 0 Å². The lowest BCUT2D eigenvalue weighted by Crippen LogP contribution is -2.52. The van der Waals surface area contributed by atoms with E-state index in [2.05, 4.69) is 27.0 Å². The number of rotatable bonds is 6. The largest absolute Gasteiger partial charge is 0.394 e. The molecule has 0 saturated heterocycles. The van der Waals surface area contributed by atoms with Crippen LogP contribution >= 0.6 is 0 Å². The van der Waals surface area contributed by atoms with Crippen molar-refractivity contribution in [1.82, 2.24) is 14.9 Å². The fourth-order valence-electron chi connectivity index (χ4n) is 2.89. The minimum absolute atomic E-state index is 0.153. The van der Waals surface area contributed by atoms with Gasteiger partial charge in [0.05, 0.1) is 12.1 Å². The van der Waals surface area contributed by atoms with Gasteiger partial charge in [-0.25, -0.2) is 4.98 Å². The van der Waals surface area contributed by atoms with E-state index in [4.69, 9.17) is 0 Å². The van der Waals surface area contributed by atoms with Crippen LogP contribution in [0.2, 0.25) is 0 Å². The lowest BCUT2D eigenvalue weighted by Gasteiger charge is -2.32. The average molecular weight is 271 g/mol. The van der Waals surface area contributed by atoms with E-state index in [0.29, 0.717) is 5.92 Å². The molecule has 1 saturated carbocycles. The second kappa shape index (κ2) is 5.38. The quantitative estimate of drug-likeness (QED) is 0.844. The summed E-state index contributed by atoms with van der Waals surface area (Å²) in [5.74, 6) is 1.52. The van der Waals surface area contributed by atoms with Crippen molar-refractivity contribution in [3.63, 3.8) is 0 Å². The Morgan fingerprint density at radius 1 is 1.35 bits per heavy atom. The van der Waals surface area contributed by atoms with Crippen molar-refractivity contribution in [3.8, 4) is 11.4 Å². The van der Waals surface area contributed by atoms with Crippen molar-refractivity contribution in [2.45, 2.75) is 24.9 Å². The molecular weight excluding hydrogens is 250 g/mol. The minimum Gasteiger partial charge on any atom is -0.394 e. The summed E-state index contributed by atoms with van der Waals surface area (Å²) in [5, 5.41) is 13.2. The molecule has 1 atom stereocenters. The van der Waals surface area contributed by atoms with Gasteiger partial charge in [0.25, 0.3) is 0 Å². The first-order chi connectivity index (χ1) is 9.79. The topological polar surface area (TPSA) is 50.1 Å². The summed E-state index contributed by atoms with van der Waals surface area (Å²) >= 11 is 0. The van der Waals surface area contributed by atoms with Crippen LogP contribution in [-0.2, 0) is 6.54 Å². The normalized spacial score (nSPS) is 17.9. The second-order valence-corrected chi connectivity index (χ2v) is 5.58. The molecule has 2 N–H and O–H groups in total.